The molecule has 0 amide bonds. The molecule has 0 atom stereocenters. The van der Waals surface area contributed by atoms with Gasteiger partial charge in [-0.1, -0.05) is 46.9 Å². The Morgan fingerprint density at radius 1 is 0.875 bits per heavy atom. The van der Waals surface area contributed by atoms with Gasteiger partial charge in [-0.05, 0) is 42.0 Å². The quantitative estimate of drug-likeness (QED) is 0.589. The van der Waals surface area contributed by atoms with Crippen LogP contribution in [0.25, 0.3) is 0 Å². The van der Waals surface area contributed by atoms with Gasteiger partial charge in [-0.3, -0.25) is 0 Å². The van der Waals surface area contributed by atoms with Gasteiger partial charge in [0.2, 0.25) is 5.95 Å². The Morgan fingerprint density at radius 3 is 2.38 bits per heavy atom. The molecule has 2 N–H and O–H groups in total. The topological polar surface area (TPSA) is 49.8 Å². The van der Waals surface area contributed by atoms with Crippen LogP contribution in [0.4, 0.5) is 17.5 Å². The van der Waals surface area contributed by atoms with Crippen LogP contribution in [-0.4, -0.2) is 9.97 Å². The maximum atomic E-state index is 6.16. The first-order valence-corrected chi connectivity index (χ1v) is 8.27. The summed E-state index contributed by atoms with van der Waals surface area (Å²) >= 11 is 17.9. The van der Waals surface area contributed by atoms with Gasteiger partial charge in [-0.15, -0.1) is 0 Å². The van der Waals surface area contributed by atoms with Crippen LogP contribution in [0.5, 0.6) is 0 Å². The molecule has 122 valence electrons. The first kappa shape index (κ1) is 16.8. The number of halogens is 3. The molecule has 4 nitrogen and oxygen atoms in total. The third kappa shape index (κ3) is 4.51. The molecule has 2 aromatic carbocycles. The Kier molecular flexibility index (Phi) is 5.41. The summed E-state index contributed by atoms with van der Waals surface area (Å²) in [6.07, 6.45) is 1.67. The van der Waals surface area contributed by atoms with Crippen LogP contribution in [0, 0.1) is 0 Å². The second kappa shape index (κ2) is 7.71. The van der Waals surface area contributed by atoms with E-state index < -0.39 is 0 Å². The van der Waals surface area contributed by atoms with Gasteiger partial charge < -0.3 is 10.6 Å². The number of nitrogens with zero attached hydrogens (tertiary/aromatic N) is 2. The fraction of sp³-hybridized carbons (Fsp3) is 0.0588. The first-order valence-electron chi connectivity index (χ1n) is 7.13. The van der Waals surface area contributed by atoms with Crippen molar-refractivity contribution in [3.05, 3.63) is 75.4 Å². The van der Waals surface area contributed by atoms with Gasteiger partial charge in [-0.25, -0.2) is 4.98 Å². The molecule has 0 unspecified atom stereocenters. The minimum absolute atomic E-state index is 0.514. The van der Waals surface area contributed by atoms with Gasteiger partial charge in [0.25, 0.3) is 0 Å². The van der Waals surface area contributed by atoms with Crippen LogP contribution in [-0.2, 0) is 6.54 Å². The molecule has 0 bridgehead atoms. The van der Waals surface area contributed by atoms with Gasteiger partial charge in [-0.2, -0.15) is 4.98 Å². The molecule has 0 fully saturated rings. The molecular formula is C17H13Cl3N4. The van der Waals surface area contributed by atoms with Crippen molar-refractivity contribution < 1.29 is 0 Å². The molecule has 1 aromatic heterocycles. The number of hydrogen-bond acceptors (Lipinski definition) is 4. The van der Waals surface area contributed by atoms with Crippen molar-refractivity contribution >= 4 is 52.3 Å². The van der Waals surface area contributed by atoms with Crippen LogP contribution in [0.1, 0.15) is 5.56 Å². The second-order valence-corrected chi connectivity index (χ2v) is 6.27. The third-order valence-corrected chi connectivity index (χ3v) is 4.01. The van der Waals surface area contributed by atoms with E-state index in [9.17, 15) is 0 Å². The van der Waals surface area contributed by atoms with Crippen molar-refractivity contribution in [2.75, 3.05) is 10.6 Å². The highest BCUT2D eigenvalue weighted by Gasteiger charge is 2.04. The lowest BCUT2D eigenvalue weighted by atomic mass is 10.2. The molecule has 0 spiro atoms. The Bertz CT molecular complexity index is 837. The Hall–Kier alpha value is -2.01. The number of benzene rings is 2. The zero-order valence-corrected chi connectivity index (χ0v) is 14.7. The summed E-state index contributed by atoms with van der Waals surface area (Å²) < 4.78 is 0. The molecule has 0 aliphatic carbocycles. The lowest BCUT2D eigenvalue weighted by Gasteiger charge is -2.10. The standard InChI is InChI=1S/C17H13Cl3N4/c18-12-3-1-11(2-4-12)10-22-17-21-8-7-16(24-17)23-15-6-5-13(19)9-14(15)20/h1-9H,10H2,(H2,21,22,23,24). The minimum atomic E-state index is 0.514. The SMILES string of the molecule is Clc1ccc(CNc2nccc(Nc3ccc(Cl)cc3Cl)n2)cc1. The number of rotatable bonds is 5. The highest BCUT2D eigenvalue weighted by Crippen LogP contribution is 2.27. The molecule has 7 heteroatoms. The predicted molar refractivity (Wildman–Crippen MR) is 101 cm³/mol. The molecule has 0 aliphatic heterocycles. The van der Waals surface area contributed by atoms with E-state index in [-0.39, 0.29) is 0 Å². The minimum Gasteiger partial charge on any atom is -0.350 e. The van der Waals surface area contributed by atoms with E-state index in [4.69, 9.17) is 34.8 Å². The fourth-order valence-corrected chi connectivity index (χ4v) is 2.61. The van der Waals surface area contributed by atoms with Crippen LogP contribution in [0.3, 0.4) is 0 Å². The molecule has 0 radical (unpaired) electrons. The first-order chi connectivity index (χ1) is 11.6. The van der Waals surface area contributed by atoms with Crippen LogP contribution < -0.4 is 10.6 Å². The lowest BCUT2D eigenvalue weighted by Crippen LogP contribution is -2.05. The van der Waals surface area contributed by atoms with Gasteiger partial charge in [0, 0.05) is 22.8 Å². The molecule has 3 rings (SSSR count). The maximum Gasteiger partial charge on any atom is 0.224 e. The van der Waals surface area contributed by atoms with E-state index in [0.29, 0.717) is 33.4 Å². The highest BCUT2D eigenvalue weighted by atomic mass is 35.5. The summed E-state index contributed by atoms with van der Waals surface area (Å²) in [6, 6.07) is 14.6. The largest absolute Gasteiger partial charge is 0.350 e. The number of anilines is 3. The van der Waals surface area contributed by atoms with Crippen molar-refractivity contribution in [1.29, 1.82) is 0 Å². The second-order valence-electron chi connectivity index (χ2n) is 4.99. The summed E-state index contributed by atoms with van der Waals surface area (Å²) in [5.41, 5.74) is 1.81. The molecular weight excluding hydrogens is 367 g/mol. The van der Waals surface area contributed by atoms with Gasteiger partial charge in [0.1, 0.15) is 5.82 Å². The van der Waals surface area contributed by atoms with E-state index in [2.05, 4.69) is 20.6 Å². The maximum absolute atomic E-state index is 6.16. The Balaban J connectivity index is 1.68. The fourth-order valence-electron chi connectivity index (χ4n) is 2.03. The summed E-state index contributed by atoms with van der Waals surface area (Å²) in [5, 5.41) is 8.13. The Morgan fingerprint density at radius 2 is 1.62 bits per heavy atom. The van der Waals surface area contributed by atoms with Crippen molar-refractivity contribution in [2.24, 2.45) is 0 Å². The van der Waals surface area contributed by atoms with E-state index in [1.807, 2.05) is 24.3 Å². The lowest BCUT2D eigenvalue weighted by molar-refractivity contribution is 1.06. The summed E-state index contributed by atoms with van der Waals surface area (Å²) in [4.78, 5) is 8.62. The van der Waals surface area contributed by atoms with E-state index >= 15 is 0 Å². The monoisotopic (exact) mass is 378 g/mol. The van der Waals surface area contributed by atoms with Gasteiger partial charge in [0.15, 0.2) is 0 Å². The molecule has 0 saturated heterocycles. The zero-order valence-electron chi connectivity index (χ0n) is 12.4. The molecule has 0 aliphatic rings. The van der Waals surface area contributed by atoms with Crippen LogP contribution in [0.15, 0.2) is 54.7 Å². The normalized spacial score (nSPS) is 10.5. The molecule has 0 saturated carbocycles. The predicted octanol–water partition coefficient (Wildman–Crippen LogP) is 5.79. The highest BCUT2D eigenvalue weighted by molar-refractivity contribution is 6.36. The van der Waals surface area contributed by atoms with E-state index in [1.165, 1.54) is 0 Å². The Labute approximate surface area is 154 Å². The summed E-state index contributed by atoms with van der Waals surface area (Å²) in [6.45, 7) is 0.600. The smallest absolute Gasteiger partial charge is 0.224 e. The average Bonchev–Trinajstić information content (AvgIpc) is 2.57. The molecule has 24 heavy (non-hydrogen) atoms. The van der Waals surface area contributed by atoms with Crippen molar-refractivity contribution in [3.63, 3.8) is 0 Å². The zero-order chi connectivity index (χ0) is 16.9. The van der Waals surface area contributed by atoms with E-state index in [1.54, 1.807) is 30.5 Å². The number of nitrogens with one attached hydrogen (secondary N) is 2. The number of hydrogen-bond donors (Lipinski definition) is 2. The van der Waals surface area contributed by atoms with Gasteiger partial charge in [0.05, 0.1) is 10.7 Å². The van der Waals surface area contributed by atoms with Crippen molar-refractivity contribution in [3.8, 4) is 0 Å². The summed E-state index contributed by atoms with van der Waals surface area (Å²) in [5.74, 6) is 1.15. The van der Waals surface area contributed by atoms with Gasteiger partial charge >= 0.3 is 0 Å². The van der Waals surface area contributed by atoms with Crippen LogP contribution in [0.2, 0.25) is 15.1 Å². The van der Waals surface area contributed by atoms with E-state index in [0.717, 1.165) is 11.3 Å². The van der Waals surface area contributed by atoms with Crippen LogP contribution >= 0.6 is 34.8 Å². The molecule has 1 heterocycles. The third-order valence-electron chi connectivity index (χ3n) is 3.21. The van der Waals surface area contributed by atoms with Crippen molar-refractivity contribution in [1.82, 2.24) is 9.97 Å². The van der Waals surface area contributed by atoms with Crippen molar-refractivity contribution in [2.45, 2.75) is 6.54 Å². The number of aromatic nitrogens is 2. The molecule has 3 aromatic rings. The summed E-state index contributed by atoms with van der Waals surface area (Å²) in [7, 11) is 0. The average molecular weight is 380 g/mol.